The maximum atomic E-state index is 2.63. The molecule has 0 saturated carbocycles. The van der Waals surface area contributed by atoms with Crippen molar-refractivity contribution in [3.63, 3.8) is 0 Å². The molecule has 0 atom stereocenters. The van der Waals surface area contributed by atoms with Gasteiger partial charge in [-0.25, -0.2) is 0 Å². The normalized spacial score (nSPS) is 13.3. The maximum Gasteiger partial charge on any atom is 0.111 e. The van der Waals surface area contributed by atoms with E-state index in [0.717, 1.165) is 0 Å². The van der Waals surface area contributed by atoms with E-state index < -0.39 is 17.2 Å². The Morgan fingerprint density at radius 1 is 1.22 bits per heavy atom. The van der Waals surface area contributed by atoms with Crippen LogP contribution in [0.5, 0.6) is 0 Å². The van der Waals surface area contributed by atoms with Gasteiger partial charge < -0.3 is 4.23 Å². The standard InChI is InChI=1S/C6H19NSi2.H2/c1-7(8(2)3)9(4,5)6;/h8H,1-6H3;1H. The van der Waals surface area contributed by atoms with Crippen LogP contribution in [0.2, 0.25) is 32.7 Å². The van der Waals surface area contributed by atoms with Crippen LogP contribution in [-0.2, 0) is 0 Å². The lowest BCUT2D eigenvalue weighted by molar-refractivity contribution is 0.784. The molecule has 0 heterocycles. The summed E-state index contributed by atoms with van der Waals surface area (Å²) in [5.41, 5.74) is 0. The summed E-state index contributed by atoms with van der Waals surface area (Å²) >= 11 is 0. The van der Waals surface area contributed by atoms with Crippen molar-refractivity contribution in [3.8, 4) is 0 Å². The van der Waals surface area contributed by atoms with Gasteiger partial charge in [-0.15, -0.1) is 0 Å². The van der Waals surface area contributed by atoms with Crippen LogP contribution in [-0.4, -0.2) is 28.5 Å². The van der Waals surface area contributed by atoms with E-state index in [2.05, 4.69) is 44.0 Å². The lowest BCUT2D eigenvalue weighted by Gasteiger charge is -2.33. The van der Waals surface area contributed by atoms with Crippen molar-refractivity contribution < 1.29 is 1.43 Å². The van der Waals surface area contributed by atoms with Gasteiger partial charge in [-0.2, -0.15) is 0 Å². The Balaban J connectivity index is 0. The van der Waals surface area contributed by atoms with Gasteiger partial charge >= 0.3 is 0 Å². The minimum Gasteiger partial charge on any atom is -0.351 e. The number of hydrogen-bond acceptors (Lipinski definition) is 1. The molecule has 0 aromatic rings. The molecule has 3 heteroatoms. The fourth-order valence-electron chi connectivity index (χ4n) is 0.775. The van der Waals surface area contributed by atoms with E-state index in [0.29, 0.717) is 0 Å². The maximum absolute atomic E-state index is 2.63. The molecular weight excluding hydrogens is 142 g/mol. The molecule has 0 N–H and O–H groups in total. The van der Waals surface area contributed by atoms with Crippen LogP contribution >= 0.6 is 0 Å². The third-order valence-electron chi connectivity index (χ3n) is 1.83. The Bertz CT molecular complexity index is 90.2. The Labute approximate surface area is 63.3 Å². The number of nitrogens with zero attached hydrogens (tertiary/aromatic N) is 1. The van der Waals surface area contributed by atoms with Gasteiger partial charge in [0.25, 0.3) is 0 Å². The summed E-state index contributed by atoms with van der Waals surface area (Å²) in [6, 6.07) is 0. The smallest absolute Gasteiger partial charge is 0.111 e. The van der Waals surface area contributed by atoms with Gasteiger partial charge in [0.2, 0.25) is 0 Å². The predicted molar refractivity (Wildman–Crippen MR) is 52.1 cm³/mol. The van der Waals surface area contributed by atoms with Gasteiger partial charge in [0.15, 0.2) is 0 Å². The molecule has 0 saturated heterocycles. The summed E-state index contributed by atoms with van der Waals surface area (Å²) in [6.07, 6.45) is 0. The molecule has 0 aliphatic carbocycles. The van der Waals surface area contributed by atoms with E-state index in [4.69, 9.17) is 0 Å². The average molecular weight is 163 g/mol. The first-order chi connectivity index (χ1) is 3.85. The van der Waals surface area contributed by atoms with Crippen molar-refractivity contribution in [3.05, 3.63) is 0 Å². The van der Waals surface area contributed by atoms with Gasteiger partial charge in [0.05, 0.1) is 8.96 Å². The van der Waals surface area contributed by atoms with E-state index >= 15 is 0 Å². The quantitative estimate of drug-likeness (QED) is 0.563. The van der Waals surface area contributed by atoms with Crippen LogP contribution in [0.4, 0.5) is 0 Å². The molecule has 0 aliphatic rings. The second-order valence-corrected chi connectivity index (χ2v) is 12.4. The zero-order chi connectivity index (χ0) is 7.65. The van der Waals surface area contributed by atoms with E-state index in [1.165, 1.54) is 0 Å². The lowest BCUT2D eigenvalue weighted by atomic mass is 11.6. The van der Waals surface area contributed by atoms with Crippen molar-refractivity contribution in [1.82, 2.24) is 4.23 Å². The summed E-state index contributed by atoms with van der Waals surface area (Å²) in [6.45, 7) is 12.0. The summed E-state index contributed by atoms with van der Waals surface area (Å²) in [7, 11) is 0.858. The summed E-state index contributed by atoms with van der Waals surface area (Å²) in [5.74, 6) is 0. The zero-order valence-electron chi connectivity index (χ0n) is 7.52. The second-order valence-electron chi connectivity index (χ2n) is 3.88. The van der Waals surface area contributed by atoms with Crippen molar-refractivity contribution >= 4 is 17.2 Å². The first-order valence-corrected chi connectivity index (χ1v) is 9.86. The Hall–Kier alpha value is 0.394. The van der Waals surface area contributed by atoms with Crippen molar-refractivity contribution in [2.75, 3.05) is 7.05 Å². The number of hydrogen-bond donors (Lipinski definition) is 0. The van der Waals surface area contributed by atoms with Gasteiger partial charge in [-0.3, -0.25) is 0 Å². The van der Waals surface area contributed by atoms with Gasteiger partial charge in [-0.1, -0.05) is 32.7 Å². The highest BCUT2D eigenvalue weighted by molar-refractivity contribution is 6.82. The predicted octanol–water partition coefficient (Wildman–Crippen LogP) is 1.98. The van der Waals surface area contributed by atoms with Crippen LogP contribution < -0.4 is 0 Å². The molecule has 0 aliphatic heterocycles. The molecule has 0 aromatic carbocycles. The highest BCUT2D eigenvalue weighted by Gasteiger charge is 2.21. The Morgan fingerprint density at radius 3 is 1.56 bits per heavy atom. The topological polar surface area (TPSA) is 3.24 Å². The lowest BCUT2D eigenvalue weighted by Crippen LogP contribution is -2.49. The van der Waals surface area contributed by atoms with E-state index in [9.17, 15) is 0 Å². The van der Waals surface area contributed by atoms with Crippen molar-refractivity contribution in [2.24, 2.45) is 0 Å². The van der Waals surface area contributed by atoms with Gasteiger partial charge in [0.1, 0.15) is 8.24 Å². The highest BCUT2D eigenvalue weighted by atomic mass is 28.4. The molecule has 58 valence electrons. The molecule has 0 aromatic heterocycles. The van der Waals surface area contributed by atoms with E-state index in [1.54, 1.807) is 0 Å². The van der Waals surface area contributed by atoms with Crippen LogP contribution in [0, 0.1) is 0 Å². The van der Waals surface area contributed by atoms with Gasteiger partial charge in [-0.05, 0) is 7.05 Å². The SMILES string of the molecule is CN([SiH](C)C)[Si](C)(C)C.[HH]. The Morgan fingerprint density at radius 2 is 1.56 bits per heavy atom. The fraction of sp³-hybridized carbons (Fsp3) is 1.00. The summed E-state index contributed by atoms with van der Waals surface area (Å²) in [4.78, 5) is 0. The third kappa shape index (κ3) is 3.18. The average Bonchev–Trinajstić information content (AvgIpc) is 1.62. The molecule has 1 nitrogen and oxygen atoms in total. The monoisotopic (exact) mass is 163 g/mol. The summed E-state index contributed by atoms with van der Waals surface area (Å²) < 4.78 is 2.63. The van der Waals surface area contributed by atoms with Crippen LogP contribution in [0.15, 0.2) is 0 Å². The van der Waals surface area contributed by atoms with E-state index in [-0.39, 0.29) is 1.43 Å². The van der Waals surface area contributed by atoms with Crippen LogP contribution in [0.1, 0.15) is 1.43 Å². The van der Waals surface area contributed by atoms with Gasteiger partial charge in [0, 0.05) is 1.43 Å². The molecule has 0 rings (SSSR count). The van der Waals surface area contributed by atoms with E-state index in [1.807, 2.05) is 0 Å². The molecule has 9 heavy (non-hydrogen) atoms. The van der Waals surface area contributed by atoms with Crippen LogP contribution in [0.3, 0.4) is 0 Å². The third-order valence-corrected chi connectivity index (χ3v) is 9.37. The highest BCUT2D eigenvalue weighted by Crippen LogP contribution is 2.07. The molecule has 0 fully saturated rings. The fourth-order valence-corrected chi connectivity index (χ4v) is 6.97. The minimum absolute atomic E-state index is 0. The summed E-state index contributed by atoms with van der Waals surface area (Å²) in [5, 5.41) is 0. The first-order valence-electron chi connectivity index (χ1n) is 3.58. The largest absolute Gasteiger partial charge is 0.351 e. The zero-order valence-corrected chi connectivity index (χ0v) is 9.68. The first kappa shape index (κ1) is 9.39. The molecule has 0 spiro atoms. The molecule has 0 radical (unpaired) electrons. The Kier molecular flexibility index (Phi) is 3.12. The van der Waals surface area contributed by atoms with Crippen molar-refractivity contribution in [1.29, 1.82) is 0 Å². The molecular formula is C6H21NSi2. The second kappa shape index (κ2) is 2.99. The number of rotatable bonds is 2. The molecule has 0 unspecified atom stereocenters. The molecule has 0 bridgehead atoms. The minimum atomic E-state index is -0.929. The molecule has 0 amide bonds. The van der Waals surface area contributed by atoms with Crippen molar-refractivity contribution in [2.45, 2.75) is 32.7 Å². The van der Waals surface area contributed by atoms with Crippen LogP contribution in [0.25, 0.3) is 0 Å².